The zero-order chi connectivity index (χ0) is 45.9. The number of hydrogen-bond donors (Lipinski definition) is 10. The molecular weight excluding hydrogens is 966 g/mol. The van der Waals surface area contributed by atoms with Crippen LogP contribution in [0.2, 0.25) is 0 Å². The van der Waals surface area contributed by atoms with E-state index in [-0.39, 0.29) is 88.2 Å². The molecule has 0 radical (unpaired) electrons. The fourth-order valence-electron chi connectivity index (χ4n) is 5.30. The monoisotopic (exact) mass is 1020 g/mol. The minimum Gasteiger partial charge on any atom is -0.370 e. The molecule has 2 aromatic rings. The zero-order valence-corrected chi connectivity index (χ0v) is 38.1. The van der Waals surface area contributed by atoms with Gasteiger partial charge >= 0.3 is 0 Å². The molecule has 0 aromatic heterocycles. The van der Waals surface area contributed by atoms with Gasteiger partial charge in [0.15, 0.2) is 31.6 Å². The van der Waals surface area contributed by atoms with Crippen LogP contribution in [0.4, 0.5) is 22.7 Å². The molecule has 0 unspecified atom stereocenters. The van der Waals surface area contributed by atoms with E-state index < -0.39 is 70.3 Å². The van der Waals surface area contributed by atoms with Crippen LogP contribution in [0, 0.1) is 0 Å². The summed E-state index contributed by atoms with van der Waals surface area (Å²) in [7, 11) is -8.46. The van der Waals surface area contributed by atoms with Crippen LogP contribution in [0.15, 0.2) is 81.9 Å². The van der Waals surface area contributed by atoms with E-state index in [4.69, 9.17) is 34.4 Å². The maximum atomic E-state index is 13.8. The largest absolute Gasteiger partial charge is 0.370 e. The van der Waals surface area contributed by atoms with Gasteiger partial charge in [-0.2, -0.15) is 0 Å². The highest BCUT2D eigenvalue weighted by molar-refractivity contribution is 9.10. The predicted octanol–water partition coefficient (Wildman–Crippen LogP) is 1.55. The van der Waals surface area contributed by atoms with E-state index in [2.05, 4.69) is 74.7 Å². The van der Waals surface area contributed by atoms with Crippen LogP contribution in [-0.2, 0) is 38.9 Å². The molecule has 334 valence electrons. The average molecular weight is 1020 g/mol. The summed E-state index contributed by atoms with van der Waals surface area (Å²) in [6.07, 6.45) is 3.90. The zero-order valence-electron chi connectivity index (χ0n) is 33.3. The smallest absolute Gasteiger partial charge is 0.274 e. The highest BCUT2D eigenvalue weighted by Crippen LogP contribution is 2.36. The first-order chi connectivity index (χ1) is 28.6. The van der Waals surface area contributed by atoms with E-state index in [9.17, 15) is 36.0 Å². The Labute approximate surface area is 370 Å². The summed E-state index contributed by atoms with van der Waals surface area (Å²) in [5.41, 5.74) is 30.9. The average Bonchev–Trinajstić information content (AvgIpc) is 3.13. The Hall–Kier alpha value is -5.21. The Kier molecular flexibility index (Phi) is 21.2. The molecule has 0 fully saturated rings. The fraction of sp³-hybridized carbons (Fsp3) is 0.361. The topological polar surface area (TPSA) is 378 Å². The number of benzene rings is 2. The van der Waals surface area contributed by atoms with Crippen molar-refractivity contribution in [3.05, 3.63) is 57.1 Å². The van der Waals surface area contributed by atoms with E-state index in [0.29, 0.717) is 25.7 Å². The molecule has 0 saturated heterocycles. The van der Waals surface area contributed by atoms with Gasteiger partial charge in [-0.1, -0.05) is 38.4 Å². The summed E-state index contributed by atoms with van der Waals surface area (Å²) in [6.45, 7) is 5.21. The SMILES string of the molecule is C=C(/C=C(\N=CC)C(=O)Nc1cc(Br)cc(NC(=O)CCCCN=C(N)N)c1S(=O)(=O)CCN)C(=O)Nc1cc(Br)cc(NC(=O)CCCCN=C(N)N)c1S(=O)(=O)CCN. The van der Waals surface area contributed by atoms with E-state index in [0.717, 1.165) is 6.08 Å². The van der Waals surface area contributed by atoms with Crippen molar-refractivity contribution in [2.75, 3.05) is 59.0 Å². The van der Waals surface area contributed by atoms with E-state index >= 15 is 0 Å². The highest BCUT2D eigenvalue weighted by atomic mass is 79.9. The molecule has 2 aromatic carbocycles. The molecule has 0 atom stereocenters. The number of carbonyl (C=O) groups is 4. The van der Waals surface area contributed by atoms with Crippen molar-refractivity contribution >= 4 is 116 Å². The summed E-state index contributed by atoms with van der Waals surface area (Å²) in [6, 6.07) is 5.28. The first kappa shape index (κ1) is 51.9. The maximum absolute atomic E-state index is 13.8. The number of guanidine groups is 2. The van der Waals surface area contributed by atoms with Crippen LogP contribution in [-0.4, -0.2) is 96.3 Å². The van der Waals surface area contributed by atoms with Gasteiger partial charge in [-0.05, 0) is 62.9 Å². The highest BCUT2D eigenvalue weighted by Gasteiger charge is 2.28. The molecule has 0 heterocycles. The lowest BCUT2D eigenvalue weighted by Gasteiger charge is -2.18. The van der Waals surface area contributed by atoms with E-state index in [1.807, 2.05) is 0 Å². The Morgan fingerprint density at radius 3 is 1.39 bits per heavy atom. The van der Waals surface area contributed by atoms with Crippen molar-refractivity contribution in [3.63, 3.8) is 0 Å². The van der Waals surface area contributed by atoms with Crippen molar-refractivity contribution in [3.8, 4) is 0 Å². The number of sulfone groups is 2. The molecule has 0 aliphatic heterocycles. The van der Waals surface area contributed by atoms with E-state index in [1.165, 1.54) is 37.4 Å². The summed E-state index contributed by atoms with van der Waals surface area (Å²) >= 11 is 6.58. The molecule has 61 heavy (non-hydrogen) atoms. The van der Waals surface area contributed by atoms with Gasteiger partial charge in [-0.3, -0.25) is 34.2 Å². The van der Waals surface area contributed by atoms with Crippen LogP contribution >= 0.6 is 31.9 Å². The van der Waals surface area contributed by atoms with Crippen molar-refractivity contribution in [2.45, 2.75) is 55.2 Å². The van der Waals surface area contributed by atoms with Crippen LogP contribution in [0.3, 0.4) is 0 Å². The van der Waals surface area contributed by atoms with Gasteiger partial charge in [-0.15, -0.1) is 0 Å². The molecular formula is C36H51Br2N13O8S2. The van der Waals surface area contributed by atoms with Crippen LogP contribution in [0.25, 0.3) is 0 Å². The summed E-state index contributed by atoms with van der Waals surface area (Å²) in [5.74, 6) is -4.30. The Bertz CT molecular complexity index is 2310. The van der Waals surface area contributed by atoms with Gasteiger partial charge in [0.1, 0.15) is 15.5 Å². The van der Waals surface area contributed by atoms with Gasteiger partial charge in [0.2, 0.25) is 11.8 Å². The third kappa shape index (κ3) is 17.4. The number of unbranched alkanes of at least 4 members (excludes halogenated alkanes) is 2. The number of rotatable bonds is 24. The van der Waals surface area contributed by atoms with E-state index in [1.54, 1.807) is 0 Å². The van der Waals surface area contributed by atoms with Crippen molar-refractivity contribution in [1.29, 1.82) is 0 Å². The Morgan fingerprint density at radius 1 is 0.656 bits per heavy atom. The van der Waals surface area contributed by atoms with Crippen molar-refractivity contribution < 1.29 is 36.0 Å². The Balaban J connectivity index is 2.50. The fourth-order valence-corrected chi connectivity index (χ4v) is 9.02. The number of nitrogens with zero attached hydrogens (tertiary/aromatic N) is 3. The first-order valence-corrected chi connectivity index (χ1v) is 23.3. The first-order valence-electron chi connectivity index (χ1n) is 18.4. The van der Waals surface area contributed by atoms with Crippen LogP contribution in [0.5, 0.6) is 0 Å². The second-order valence-corrected chi connectivity index (χ2v) is 18.8. The summed E-state index contributed by atoms with van der Waals surface area (Å²) in [5, 5.41) is 10.1. The molecule has 0 aliphatic carbocycles. The summed E-state index contributed by atoms with van der Waals surface area (Å²) < 4.78 is 54.7. The predicted molar refractivity (Wildman–Crippen MR) is 245 cm³/mol. The molecule has 4 amide bonds. The van der Waals surface area contributed by atoms with Crippen molar-refractivity contribution in [1.82, 2.24) is 0 Å². The number of nitrogens with two attached hydrogens (primary N) is 6. The molecule has 0 bridgehead atoms. The number of halogens is 2. The number of amides is 4. The van der Waals surface area contributed by atoms with Crippen molar-refractivity contribution in [2.24, 2.45) is 49.4 Å². The van der Waals surface area contributed by atoms with Gasteiger partial charge in [0, 0.05) is 59.8 Å². The minimum absolute atomic E-state index is 0.00587. The lowest BCUT2D eigenvalue weighted by Crippen LogP contribution is -2.23. The molecule has 21 nitrogen and oxygen atoms in total. The third-order valence-corrected chi connectivity index (χ3v) is 12.4. The van der Waals surface area contributed by atoms with Crippen LogP contribution < -0.4 is 55.7 Å². The van der Waals surface area contributed by atoms with Crippen LogP contribution in [0.1, 0.15) is 45.4 Å². The maximum Gasteiger partial charge on any atom is 0.274 e. The molecule has 0 spiro atoms. The summed E-state index contributed by atoms with van der Waals surface area (Å²) in [4.78, 5) is 64.1. The van der Waals surface area contributed by atoms with Gasteiger partial charge in [-0.25, -0.2) is 16.8 Å². The molecule has 0 aliphatic rings. The number of anilines is 4. The number of carbonyl (C=O) groups excluding carboxylic acids is 4. The second-order valence-electron chi connectivity index (χ2n) is 12.8. The normalized spacial score (nSPS) is 11.7. The molecule has 25 heteroatoms. The van der Waals surface area contributed by atoms with Gasteiger partial charge in [0.25, 0.3) is 11.8 Å². The number of nitrogens with one attached hydrogen (secondary N) is 4. The standard InChI is InChI=1S/C36H51Br2N13O8S2/c1-3-45-28(34(55)51-27-20-23(38)18-25(32(27)61(58,59)15-11-40)49-30(53)9-5-7-13-47-36(43)44)16-21(2)33(54)50-26-19-22(37)17-24(31(26)60(56,57)14-10-39)48-29(52)8-4-6-12-46-35(41)42/h3,16-20H,2,4-15,39-40H2,1H3,(H,48,52)(H,49,53)(H,50,54)(H,51,55)(H4,41,42,46)(H4,43,44,47)/b28-16-,45-3?. The molecule has 0 saturated carbocycles. The lowest BCUT2D eigenvalue weighted by atomic mass is 10.2. The number of aliphatic imine (C=N–C) groups is 3. The van der Waals surface area contributed by atoms with Gasteiger partial charge in [0.05, 0.1) is 34.3 Å². The minimum atomic E-state index is -4.23. The molecule has 16 N–H and O–H groups in total. The number of hydrogen-bond acceptors (Lipinski definition) is 13. The lowest BCUT2D eigenvalue weighted by molar-refractivity contribution is -0.117. The third-order valence-electron chi connectivity index (χ3n) is 7.86. The quantitative estimate of drug-likeness (QED) is 0.0235. The second kappa shape index (κ2) is 24.9. The molecule has 2 rings (SSSR count). The van der Waals surface area contributed by atoms with Gasteiger partial charge < -0.3 is 55.7 Å². The Morgan fingerprint density at radius 2 is 1.03 bits per heavy atom.